The molecule has 1 N–H and O–H groups in total. The lowest BCUT2D eigenvalue weighted by Gasteiger charge is -2.07. The van der Waals surface area contributed by atoms with Gasteiger partial charge in [0.15, 0.2) is 0 Å². The fourth-order valence-electron chi connectivity index (χ4n) is 2.07. The second-order valence-electron chi connectivity index (χ2n) is 5.78. The van der Waals surface area contributed by atoms with Crippen LogP contribution in [0.1, 0.15) is 45.1 Å². The van der Waals surface area contributed by atoms with Crippen LogP contribution in [-0.4, -0.2) is 18.9 Å². The fourth-order valence-corrected chi connectivity index (χ4v) is 3.04. The molecular weight excluding hydrogens is 297 g/mol. The lowest BCUT2D eigenvalue weighted by Crippen LogP contribution is -2.30. The molecule has 1 unspecified atom stereocenters. The number of rotatable bonds is 12. The first-order chi connectivity index (χ1) is 10.6. The summed E-state index contributed by atoms with van der Waals surface area (Å²) in [5, 5.41) is 2.71. The molecule has 1 rings (SSSR count). The summed E-state index contributed by atoms with van der Waals surface area (Å²) in [5.41, 5.74) is 1.37. The van der Waals surface area contributed by atoms with Crippen LogP contribution in [0.25, 0.3) is 0 Å². The molecule has 0 aliphatic rings. The highest BCUT2D eigenvalue weighted by atomic mass is 31.1. The molecule has 0 fully saturated rings. The van der Waals surface area contributed by atoms with Gasteiger partial charge in [0.25, 0.3) is 0 Å². The number of unbranched alkanes of at least 4 members (excludes halogenated alkanes) is 3. The standard InChI is InChI=1S/C17H27NO3P/c1-15(2)17(14-19)18-22(20)21-13-9-4-3-6-10-16-11-7-5-8-12-16/h5,7-8,11-12,14-15,17H,3-4,6,9-10,13H2,1-2H3,(H,18,20)/q+1/t17-/m1/s1. The van der Waals surface area contributed by atoms with E-state index < -0.39 is 14.2 Å². The number of hydrogen-bond donors (Lipinski definition) is 1. The number of nitrogens with one attached hydrogen (secondary N) is 1. The van der Waals surface area contributed by atoms with Crippen LogP contribution in [0, 0.1) is 5.92 Å². The van der Waals surface area contributed by atoms with E-state index in [-0.39, 0.29) is 5.92 Å². The van der Waals surface area contributed by atoms with Crippen LogP contribution in [0.2, 0.25) is 0 Å². The Bertz CT molecular complexity index is 437. The van der Waals surface area contributed by atoms with Gasteiger partial charge in [-0.1, -0.05) is 62.1 Å². The second-order valence-corrected chi connectivity index (χ2v) is 6.81. The summed E-state index contributed by atoms with van der Waals surface area (Å²) in [6.45, 7) is 4.28. The van der Waals surface area contributed by atoms with Gasteiger partial charge in [-0.2, -0.15) is 0 Å². The van der Waals surface area contributed by atoms with Gasteiger partial charge in [0.2, 0.25) is 0 Å². The molecule has 122 valence electrons. The summed E-state index contributed by atoms with van der Waals surface area (Å²) < 4.78 is 16.9. The fraction of sp³-hybridized carbons (Fsp3) is 0.588. The van der Waals surface area contributed by atoms with Crippen LogP contribution in [0.3, 0.4) is 0 Å². The first-order valence-electron chi connectivity index (χ1n) is 7.99. The van der Waals surface area contributed by atoms with Gasteiger partial charge < -0.3 is 4.79 Å². The molecule has 5 heteroatoms. The maximum atomic E-state index is 11.6. The quantitative estimate of drug-likeness (QED) is 0.354. The predicted molar refractivity (Wildman–Crippen MR) is 90.0 cm³/mol. The van der Waals surface area contributed by atoms with Crippen molar-refractivity contribution in [2.24, 2.45) is 5.92 Å². The van der Waals surface area contributed by atoms with Gasteiger partial charge in [-0.25, -0.2) is 0 Å². The Labute approximate surface area is 134 Å². The Morgan fingerprint density at radius 1 is 1.14 bits per heavy atom. The Balaban J connectivity index is 2.01. The van der Waals surface area contributed by atoms with Crippen molar-refractivity contribution in [2.75, 3.05) is 6.61 Å². The van der Waals surface area contributed by atoms with Gasteiger partial charge in [-0.15, -0.1) is 4.52 Å². The molecule has 22 heavy (non-hydrogen) atoms. The summed E-state index contributed by atoms with van der Waals surface area (Å²) in [4.78, 5) is 10.8. The maximum absolute atomic E-state index is 11.6. The summed E-state index contributed by atoms with van der Waals surface area (Å²) in [6, 6.07) is 10.1. The van der Waals surface area contributed by atoms with Crippen molar-refractivity contribution < 1.29 is 13.9 Å². The Hall–Kier alpha value is -1.09. The van der Waals surface area contributed by atoms with E-state index in [1.807, 2.05) is 19.9 Å². The number of carbonyl (C=O) groups is 1. The topological polar surface area (TPSA) is 55.4 Å². The third kappa shape index (κ3) is 8.38. The first-order valence-corrected chi connectivity index (χ1v) is 9.16. The Morgan fingerprint density at radius 3 is 2.45 bits per heavy atom. The minimum Gasteiger partial charge on any atom is -0.301 e. The van der Waals surface area contributed by atoms with Crippen molar-refractivity contribution in [3.63, 3.8) is 0 Å². The van der Waals surface area contributed by atoms with Crippen molar-refractivity contribution >= 4 is 14.5 Å². The van der Waals surface area contributed by atoms with E-state index in [1.165, 1.54) is 5.56 Å². The third-order valence-electron chi connectivity index (χ3n) is 3.53. The van der Waals surface area contributed by atoms with Crippen molar-refractivity contribution in [2.45, 2.75) is 52.0 Å². The third-order valence-corrected chi connectivity index (χ3v) is 4.46. The highest BCUT2D eigenvalue weighted by Crippen LogP contribution is 2.20. The van der Waals surface area contributed by atoms with Crippen molar-refractivity contribution in [1.82, 2.24) is 5.09 Å². The molecule has 0 aromatic heterocycles. The normalized spacial score (nSPS) is 13.1. The van der Waals surface area contributed by atoms with E-state index in [1.54, 1.807) is 0 Å². The molecule has 1 aromatic carbocycles. The molecular formula is C17H27NO3P+. The van der Waals surface area contributed by atoms with Crippen molar-refractivity contribution in [1.29, 1.82) is 0 Å². The molecule has 0 saturated heterocycles. The average Bonchev–Trinajstić information content (AvgIpc) is 2.52. The van der Waals surface area contributed by atoms with Gasteiger partial charge in [0, 0.05) is 0 Å². The van der Waals surface area contributed by atoms with Gasteiger partial charge in [0.05, 0.1) is 0 Å². The molecule has 0 amide bonds. The zero-order valence-electron chi connectivity index (χ0n) is 13.5. The SMILES string of the molecule is CC(C)[C@@H](C=O)N[P+](=O)OCCCCCCc1ccccc1. The number of aldehydes is 1. The summed E-state index contributed by atoms with van der Waals surface area (Å²) in [7, 11) is -1.95. The highest BCUT2D eigenvalue weighted by Gasteiger charge is 2.25. The molecule has 2 atom stereocenters. The lowest BCUT2D eigenvalue weighted by atomic mass is 10.1. The minimum absolute atomic E-state index is 0.109. The van der Waals surface area contributed by atoms with Crippen LogP contribution in [0.5, 0.6) is 0 Å². The zero-order chi connectivity index (χ0) is 16.2. The van der Waals surface area contributed by atoms with E-state index in [0.29, 0.717) is 6.61 Å². The summed E-state index contributed by atoms with van der Waals surface area (Å²) in [5.74, 6) is 0.109. The smallest absolute Gasteiger partial charge is 0.301 e. The molecule has 4 nitrogen and oxygen atoms in total. The van der Waals surface area contributed by atoms with E-state index >= 15 is 0 Å². The number of hydrogen-bond acceptors (Lipinski definition) is 3. The second kappa shape index (κ2) is 11.5. The molecule has 1 aromatic rings. The summed E-state index contributed by atoms with van der Waals surface area (Å²) in [6.07, 6.45) is 6.15. The Morgan fingerprint density at radius 2 is 1.82 bits per heavy atom. The van der Waals surface area contributed by atoms with Crippen molar-refractivity contribution in [3.05, 3.63) is 35.9 Å². The van der Waals surface area contributed by atoms with E-state index in [2.05, 4.69) is 29.4 Å². The highest BCUT2D eigenvalue weighted by molar-refractivity contribution is 7.36. The van der Waals surface area contributed by atoms with Gasteiger partial charge >= 0.3 is 8.18 Å². The van der Waals surface area contributed by atoms with E-state index in [9.17, 15) is 9.36 Å². The molecule has 0 bridgehead atoms. The van der Waals surface area contributed by atoms with Gasteiger partial charge in [0.1, 0.15) is 18.9 Å². The van der Waals surface area contributed by atoms with Crippen molar-refractivity contribution in [3.8, 4) is 0 Å². The molecule has 0 heterocycles. The number of benzene rings is 1. The monoisotopic (exact) mass is 324 g/mol. The molecule has 0 spiro atoms. The largest absolute Gasteiger partial charge is 0.613 e. The first kappa shape index (κ1) is 19.0. The molecule has 0 aliphatic heterocycles. The van der Waals surface area contributed by atoms with Crippen LogP contribution in [0.4, 0.5) is 0 Å². The maximum Gasteiger partial charge on any atom is 0.613 e. The van der Waals surface area contributed by atoms with E-state index in [4.69, 9.17) is 4.52 Å². The van der Waals surface area contributed by atoms with Crippen LogP contribution < -0.4 is 5.09 Å². The van der Waals surface area contributed by atoms with Crippen LogP contribution >= 0.6 is 8.18 Å². The zero-order valence-corrected chi connectivity index (χ0v) is 14.4. The molecule has 0 aliphatic carbocycles. The van der Waals surface area contributed by atoms with Crippen LogP contribution in [0.15, 0.2) is 30.3 Å². The van der Waals surface area contributed by atoms with Crippen LogP contribution in [-0.2, 0) is 20.3 Å². The Kier molecular flexibility index (Phi) is 9.89. The molecule has 0 saturated carbocycles. The van der Waals surface area contributed by atoms with E-state index in [0.717, 1.165) is 38.4 Å². The van der Waals surface area contributed by atoms with Gasteiger partial charge in [-0.3, -0.25) is 0 Å². The lowest BCUT2D eigenvalue weighted by molar-refractivity contribution is -0.110. The average molecular weight is 324 g/mol. The number of carbonyl (C=O) groups excluding carboxylic acids is 1. The minimum atomic E-state index is -1.95. The number of aryl methyl sites for hydroxylation is 1. The predicted octanol–water partition coefficient (Wildman–Crippen LogP) is 4.28. The summed E-state index contributed by atoms with van der Waals surface area (Å²) >= 11 is 0. The van der Waals surface area contributed by atoms with Gasteiger partial charge in [-0.05, 0) is 35.3 Å². The molecule has 0 radical (unpaired) electrons.